The Morgan fingerprint density at radius 3 is 3.00 bits per heavy atom. The number of anilines is 1. The first-order valence-corrected chi connectivity index (χ1v) is 6.77. The predicted molar refractivity (Wildman–Crippen MR) is 74.2 cm³/mol. The number of pyridine rings is 1. The average Bonchev–Trinajstić information content (AvgIpc) is 2.49. The number of nitrogens with zero attached hydrogens (tertiary/aromatic N) is 3. The largest absolute Gasteiger partial charge is 0.450 e. The van der Waals surface area contributed by atoms with E-state index < -0.39 is 0 Å². The molecule has 2 heterocycles. The van der Waals surface area contributed by atoms with E-state index in [4.69, 9.17) is 10.00 Å². The van der Waals surface area contributed by atoms with Crippen LogP contribution in [0.3, 0.4) is 0 Å². The summed E-state index contributed by atoms with van der Waals surface area (Å²) in [5.41, 5.74) is 1.34. The molecule has 0 bridgehead atoms. The normalized spacial score (nSPS) is 15.5. The first-order chi connectivity index (χ1) is 9.74. The van der Waals surface area contributed by atoms with Crippen LogP contribution in [0.25, 0.3) is 0 Å². The Kier molecular flexibility index (Phi) is 4.77. The van der Waals surface area contributed by atoms with Crippen LogP contribution in [-0.2, 0) is 4.74 Å². The Hall–Kier alpha value is -2.29. The molecule has 6 nitrogen and oxygen atoms in total. The van der Waals surface area contributed by atoms with Gasteiger partial charge < -0.3 is 15.0 Å². The summed E-state index contributed by atoms with van der Waals surface area (Å²) in [7, 11) is 0. The van der Waals surface area contributed by atoms with Gasteiger partial charge in [0.1, 0.15) is 6.07 Å². The summed E-state index contributed by atoms with van der Waals surface area (Å²) in [6.07, 6.45) is 4.69. The van der Waals surface area contributed by atoms with Gasteiger partial charge in [-0.2, -0.15) is 5.26 Å². The molecule has 2 rings (SSSR count). The molecule has 0 unspecified atom stereocenters. The van der Waals surface area contributed by atoms with Gasteiger partial charge in [-0.25, -0.2) is 4.79 Å². The van der Waals surface area contributed by atoms with Crippen molar-refractivity contribution in [1.29, 1.82) is 5.26 Å². The molecule has 0 aromatic carbocycles. The summed E-state index contributed by atoms with van der Waals surface area (Å²) >= 11 is 0. The Balaban J connectivity index is 1.89. The van der Waals surface area contributed by atoms with Gasteiger partial charge >= 0.3 is 6.09 Å². The van der Waals surface area contributed by atoms with Gasteiger partial charge in [0, 0.05) is 25.3 Å². The van der Waals surface area contributed by atoms with Crippen LogP contribution in [0, 0.1) is 11.3 Å². The quantitative estimate of drug-likeness (QED) is 0.911. The van der Waals surface area contributed by atoms with Crippen LogP contribution in [0.4, 0.5) is 10.5 Å². The summed E-state index contributed by atoms with van der Waals surface area (Å²) in [5.74, 6) is 0. The number of hydrogen-bond acceptors (Lipinski definition) is 5. The first kappa shape index (κ1) is 14.1. The second-order valence-corrected chi connectivity index (χ2v) is 4.64. The van der Waals surface area contributed by atoms with Crippen LogP contribution in [0.2, 0.25) is 0 Å². The highest BCUT2D eigenvalue weighted by Gasteiger charge is 2.23. The lowest BCUT2D eigenvalue weighted by Gasteiger charge is -2.32. The lowest BCUT2D eigenvalue weighted by atomic mass is 10.0. The first-order valence-electron chi connectivity index (χ1n) is 6.77. The van der Waals surface area contributed by atoms with Gasteiger partial charge in [-0.05, 0) is 25.8 Å². The standard InChI is InChI=1S/C14H18N4O2/c1-2-20-14(19)18-7-4-12(5-8-18)17-13-10-16-6-3-11(13)9-15/h3,6,10,12,17H,2,4-5,7-8H2,1H3. The third-order valence-corrected chi connectivity index (χ3v) is 3.32. The molecule has 106 valence electrons. The zero-order valence-corrected chi connectivity index (χ0v) is 11.5. The molecular formula is C14H18N4O2. The number of amides is 1. The highest BCUT2D eigenvalue weighted by molar-refractivity contribution is 5.67. The maximum absolute atomic E-state index is 11.6. The highest BCUT2D eigenvalue weighted by Crippen LogP contribution is 2.19. The Morgan fingerprint density at radius 1 is 1.60 bits per heavy atom. The summed E-state index contributed by atoms with van der Waals surface area (Å²) in [4.78, 5) is 17.3. The molecule has 1 amide bonds. The monoisotopic (exact) mass is 274 g/mol. The maximum atomic E-state index is 11.6. The van der Waals surface area contributed by atoms with Crippen molar-refractivity contribution in [1.82, 2.24) is 9.88 Å². The van der Waals surface area contributed by atoms with Crippen molar-refractivity contribution in [2.45, 2.75) is 25.8 Å². The molecular weight excluding hydrogens is 256 g/mol. The minimum absolute atomic E-state index is 0.245. The van der Waals surface area contributed by atoms with Crippen molar-refractivity contribution in [3.63, 3.8) is 0 Å². The van der Waals surface area contributed by atoms with Crippen molar-refractivity contribution in [2.24, 2.45) is 0 Å². The van der Waals surface area contributed by atoms with Crippen LogP contribution in [0.1, 0.15) is 25.3 Å². The lowest BCUT2D eigenvalue weighted by molar-refractivity contribution is 0.0983. The van der Waals surface area contributed by atoms with Crippen molar-refractivity contribution in [3.05, 3.63) is 24.0 Å². The molecule has 0 radical (unpaired) electrons. The van der Waals surface area contributed by atoms with Gasteiger partial charge in [-0.1, -0.05) is 0 Å². The van der Waals surface area contributed by atoms with Gasteiger partial charge in [0.05, 0.1) is 24.1 Å². The van der Waals surface area contributed by atoms with Crippen molar-refractivity contribution < 1.29 is 9.53 Å². The Bertz CT molecular complexity index is 504. The van der Waals surface area contributed by atoms with Crippen molar-refractivity contribution in [3.8, 4) is 6.07 Å². The molecule has 1 aromatic heterocycles. The number of nitrogens with one attached hydrogen (secondary N) is 1. The number of carbonyl (C=O) groups excluding carboxylic acids is 1. The molecule has 0 spiro atoms. The molecule has 1 aromatic rings. The van der Waals surface area contributed by atoms with E-state index in [1.807, 2.05) is 0 Å². The van der Waals surface area contributed by atoms with E-state index in [2.05, 4.69) is 16.4 Å². The van der Waals surface area contributed by atoms with Gasteiger partial charge in [-0.3, -0.25) is 4.98 Å². The number of nitriles is 1. The predicted octanol–water partition coefficient (Wildman–Crippen LogP) is 1.99. The number of likely N-dealkylation sites (tertiary alicyclic amines) is 1. The van der Waals surface area contributed by atoms with Gasteiger partial charge in [0.15, 0.2) is 0 Å². The molecule has 20 heavy (non-hydrogen) atoms. The van der Waals surface area contributed by atoms with E-state index in [1.165, 1.54) is 0 Å². The van der Waals surface area contributed by atoms with Crippen molar-refractivity contribution in [2.75, 3.05) is 25.0 Å². The molecule has 1 fully saturated rings. The summed E-state index contributed by atoms with van der Waals surface area (Å²) in [6, 6.07) is 4.08. The molecule has 0 saturated carbocycles. The van der Waals surface area contributed by atoms with Crippen LogP contribution < -0.4 is 5.32 Å². The van der Waals surface area contributed by atoms with Crippen LogP contribution in [0.5, 0.6) is 0 Å². The number of carbonyl (C=O) groups is 1. The molecule has 0 aliphatic carbocycles. The van der Waals surface area contributed by atoms with E-state index in [9.17, 15) is 4.79 Å². The third kappa shape index (κ3) is 3.38. The number of piperidine rings is 1. The molecule has 1 saturated heterocycles. The minimum Gasteiger partial charge on any atom is -0.450 e. The Labute approximate surface area is 118 Å². The minimum atomic E-state index is -0.245. The third-order valence-electron chi connectivity index (χ3n) is 3.32. The topological polar surface area (TPSA) is 78.2 Å². The lowest BCUT2D eigenvalue weighted by Crippen LogP contribution is -2.42. The molecule has 6 heteroatoms. The SMILES string of the molecule is CCOC(=O)N1CCC(Nc2cnccc2C#N)CC1. The number of aromatic nitrogens is 1. The number of rotatable bonds is 3. The van der Waals surface area contributed by atoms with Gasteiger partial charge in [0.2, 0.25) is 0 Å². The highest BCUT2D eigenvalue weighted by atomic mass is 16.6. The zero-order chi connectivity index (χ0) is 14.4. The fourth-order valence-electron chi connectivity index (χ4n) is 2.25. The maximum Gasteiger partial charge on any atom is 0.409 e. The van der Waals surface area contributed by atoms with Crippen LogP contribution in [0.15, 0.2) is 18.5 Å². The van der Waals surface area contributed by atoms with Crippen LogP contribution >= 0.6 is 0 Å². The van der Waals surface area contributed by atoms with E-state index in [0.29, 0.717) is 25.3 Å². The number of ether oxygens (including phenoxy) is 1. The zero-order valence-electron chi connectivity index (χ0n) is 11.5. The number of hydrogen-bond donors (Lipinski definition) is 1. The summed E-state index contributed by atoms with van der Waals surface area (Å²) in [6.45, 7) is 3.54. The second kappa shape index (κ2) is 6.75. The van der Waals surface area contributed by atoms with Crippen molar-refractivity contribution >= 4 is 11.8 Å². The van der Waals surface area contributed by atoms with E-state index >= 15 is 0 Å². The smallest absolute Gasteiger partial charge is 0.409 e. The molecule has 0 atom stereocenters. The van der Waals surface area contributed by atoms with E-state index in [0.717, 1.165) is 18.5 Å². The van der Waals surface area contributed by atoms with E-state index in [-0.39, 0.29) is 12.1 Å². The molecule has 1 aliphatic rings. The second-order valence-electron chi connectivity index (χ2n) is 4.64. The molecule has 1 aliphatic heterocycles. The van der Waals surface area contributed by atoms with Gasteiger partial charge in [0.25, 0.3) is 0 Å². The Morgan fingerprint density at radius 2 is 2.35 bits per heavy atom. The van der Waals surface area contributed by atoms with Gasteiger partial charge in [-0.15, -0.1) is 0 Å². The van der Waals surface area contributed by atoms with Crippen LogP contribution in [-0.4, -0.2) is 41.7 Å². The fourth-order valence-corrected chi connectivity index (χ4v) is 2.25. The molecule has 1 N–H and O–H groups in total. The van der Waals surface area contributed by atoms with E-state index in [1.54, 1.807) is 30.3 Å². The fraction of sp³-hybridized carbons (Fsp3) is 0.500. The summed E-state index contributed by atoms with van der Waals surface area (Å²) < 4.78 is 4.98. The average molecular weight is 274 g/mol. The summed E-state index contributed by atoms with van der Waals surface area (Å²) in [5, 5.41) is 12.4.